The second-order valence-corrected chi connectivity index (χ2v) is 3.62. The van der Waals surface area contributed by atoms with Crippen LogP contribution < -0.4 is 10.2 Å². The molecular weight excluding hydrogens is 261 g/mol. The fraction of sp³-hybridized carbons (Fsp3) is 0.545. The summed E-state index contributed by atoms with van der Waals surface area (Å²) in [6.45, 7) is 4.34. The molecule has 17 heavy (non-hydrogen) atoms. The first-order chi connectivity index (χ1) is 7.42. The van der Waals surface area contributed by atoms with Crippen LogP contribution in [-0.2, 0) is 11.3 Å². The van der Waals surface area contributed by atoms with Crippen LogP contribution in [0.25, 0.3) is 0 Å². The largest absolute Gasteiger partial charge is 0.378 e. The van der Waals surface area contributed by atoms with Crippen molar-refractivity contribution in [3.63, 3.8) is 0 Å². The first-order valence-electron chi connectivity index (χ1n) is 5.33. The van der Waals surface area contributed by atoms with Gasteiger partial charge < -0.3 is 15.0 Å². The lowest BCUT2D eigenvalue weighted by Gasteiger charge is -2.29. The molecule has 2 rings (SSSR count). The molecule has 1 aromatic heterocycles. The van der Waals surface area contributed by atoms with E-state index < -0.39 is 0 Å². The Morgan fingerprint density at radius 2 is 2.06 bits per heavy atom. The molecule has 0 saturated carbocycles. The summed E-state index contributed by atoms with van der Waals surface area (Å²) in [4.78, 5) is 6.74. The lowest BCUT2D eigenvalue weighted by atomic mass is 10.2. The lowest BCUT2D eigenvalue weighted by Crippen LogP contribution is -2.37. The Morgan fingerprint density at radius 1 is 1.35 bits per heavy atom. The Morgan fingerprint density at radius 3 is 2.71 bits per heavy atom. The number of pyridine rings is 1. The van der Waals surface area contributed by atoms with Gasteiger partial charge in [0.25, 0.3) is 0 Å². The first-order valence-corrected chi connectivity index (χ1v) is 5.33. The summed E-state index contributed by atoms with van der Waals surface area (Å²) in [5.74, 6) is 1.09. The molecule has 0 bridgehead atoms. The Labute approximate surface area is 115 Å². The number of hydrogen-bond donors (Lipinski definition) is 1. The molecule has 1 aromatic rings. The third-order valence-electron chi connectivity index (χ3n) is 2.55. The smallest absolute Gasteiger partial charge is 0.133 e. The van der Waals surface area contributed by atoms with Gasteiger partial charge in [0.05, 0.1) is 13.2 Å². The van der Waals surface area contributed by atoms with Crippen LogP contribution in [-0.4, -0.2) is 38.3 Å². The number of hydrogen-bond acceptors (Lipinski definition) is 4. The van der Waals surface area contributed by atoms with Crippen molar-refractivity contribution in [1.82, 2.24) is 10.3 Å². The number of nitrogens with zero attached hydrogens (tertiary/aromatic N) is 2. The topological polar surface area (TPSA) is 37.4 Å². The average molecular weight is 280 g/mol. The molecular formula is C11H19Cl2N3O. The summed E-state index contributed by atoms with van der Waals surface area (Å²) in [6.07, 6.45) is 1.85. The summed E-state index contributed by atoms with van der Waals surface area (Å²) in [5.41, 5.74) is 1.25. The maximum Gasteiger partial charge on any atom is 0.133 e. The molecule has 6 heteroatoms. The number of anilines is 1. The van der Waals surface area contributed by atoms with Crippen LogP contribution in [0.5, 0.6) is 0 Å². The quantitative estimate of drug-likeness (QED) is 0.910. The van der Waals surface area contributed by atoms with Gasteiger partial charge in [-0.2, -0.15) is 0 Å². The van der Waals surface area contributed by atoms with Crippen molar-refractivity contribution in [2.75, 3.05) is 38.3 Å². The van der Waals surface area contributed by atoms with Crippen LogP contribution in [0.4, 0.5) is 5.82 Å². The number of rotatable bonds is 3. The summed E-state index contributed by atoms with van der Waals surface area (Å²) in [5, 5.41) is 3.17. The van der Waals surface area contributed by atoms with E-state index >= 15 is 0 Å². The van der Waals surface area contributed by atoms with E-state index in [0.29, 0.717) is 0 Å². The standard InChI is InChI=1S/C11H17N3O.2ClH/c1-12-9-10-3-2-4-13-11(10)14-5-7-15-8-6-14;;/h2-4,12H,5-9H2,1H3;2*1H. The van der Waals surface area contributed by atoms with Gasteiger partial charge in [-0.3, -0.25) is 0 Å². The van der Waals surface area contributed by atoms with E-state index in [4.69, 9.17) is 4.74 Å². The minimum absolute atomic E-state index is 0. The van der Waals surface area contributed by atoms with Crippen LogP contribution in [0.3, 0.4) is 0 Å². The predicted octanol–water partition coefficient (Wildman–Crippen LogP) is 1.48. The Hall–Kier alpha value is -0.550. The zero-order valence-corrected chi connectivity index (χ0v) is 11.5. The summed E-state index contributed by atoms with van der Waals surface area (Å²) >= 11 is 0. The molecule has 2 heterocycles. The molecule has 1 saturated heterocycles. The van der Waals surface area contributed by atoms with Gasteiger partial charge in [-0.1, -0.05) is 6.07 Å². The van der Waals surface area contributed by atoms with E-state index in [1.54, 1.807) is 0 Å². The maximum absolute atomic E-state index is 5.34. The molecule has 0 unspecified atom stereocenters. The van der Waals surface area contributed by atoms with Crippen molar-refractivity contribution >= 4 is 30.6 Å². The molecule has 0 atom stereocenters. The monoisotopic (exact) mass is 279 g/mol. The molecule has 1 N–H and O–H groups in total. The Bertz CT molecular complexity index is 319. The van der Waals surface area contributed by atoms with Gasteiger partial charge in [0.2, 0.25) is 0 Å². The highest BCUT2D eigenvalue weighted by Gasteiger charge is 2.14. The van der Waals surface area contributed by atoms with Gasteiger partial charge in [-0.05, 0) is 13.1 Å². The fourth-order valence-corrected chi connectivity index (χ4v) is 1.82. The van der Waals surface area contributed by atoms with Crippen molar-refractivity contribution in [3.05, 3.63) is 23.9 Å². The highest BCUT2D eigenvalue weighted by Crippen LogP contribution is 2.17. The fourth-order valence-electron chi connectivity index (χ4n) is 1.82. The Kier molecular flexibility index (Phi) is 8.25. The van der Waals surface area contributed by atoms with Crippen LogP contribution >= 0.6 is 24.8 Å². The van der Waals surface area contributed by atoms with E-state index in [0.717, 1.165) is 38.7 Å². The molecule has 98 valence electrons. The minimum Gasteiger partial charge on any atom is -0.378 e. The molecule has 1 fully saturated rings. The molecule has 4 nitrogen and oxygen atoms in total. The van der Waals surface area contributed by atoms with Gasteiger partial charge in [0.1, 0.15) is 5.82 Å². The van der Waals surface area contributed by atoms with Gasteiger partial charge in [-0.25, -0.2) is 4.98 Å². The van der Waals surface area contributed by atoms with E-state index in [1.165, 1.54) is 5.56 Å². The zero-order valence-electron chi connectivity index (χ0n) is 9.89. The third-order valence-corrected chi connectivity index (χ3v) is 2.55. The highest BCUT2D eigenvalue weighted by atomic mass is 35.5. The Balaban J connectivity index is 0.00000128. The first kappa shape index (κ1) is 16.4. The number of ether oxygens (including phenoxy) is 1. The molecule has 0 amide bonds. The van der Waals surface area contributed by atoms with Gasteiger partial charge in [-0.15, -0.1) is 24.8 Å². The summed E-state index contributed by atoms with van der Waals surface area (Å²) in [7, 11) is 1.95. The number of aromatic nitrogens is 1. The van der Waals surface area contributed by atoms with Crippen LogP contribution in [0.2, 0.25) is 0 Å². The summed E-state index contributed by atoms with van der Waals surface area (Å²) < 4.78 is 5.34. The van der Waals surface area contributed by atoms with Gasteiger partial charge in [0, 0.05) is 31.4 Å². The number of nitrogens with one attached hydrogen (secondary N) is 1. The second kappa shape index (κ2) is 8.53. The molecule has 0 spiro atoms. The van der Waals surface area contributed by atoms with Gasteiger partial charge in [0.15, 0.2) is 0 Å². The number of morpholine rings is 1. The number of halogens is 2. The minimum atomic E-state index is 0. The molecule has 0 aliphatic carbocycles. The van der Waals surface area contributed by atoms with Crippen molar-refractivity contribution in [2.24, 2.45) is 0 Å². The molecule has 0 radical (unpaired) electrons. The maximum atomic E-state index is 5.34. The van der Waals surface area contributed by atoms with Crippen molar-refractivity contribution in [3.8, 4) is 0 Å². The van der Waals surface area contributed by atoms with E-state index in [-0.39, 0.29) is 24.8 Å². The normalized spacial score (nSPS) is 14.8. The lowest BCUT2D eigenvalue weighted by molar-refractivity contribution is 0.122. The van der Waals surface area contributed by atoms with E-state index in [1.807, 2.05) is 19.3 Å². The van der Waals surface area contributed by atoms with Crippen LogP contribution in [0.15, 0.2) is 18.3 Å². The highest BCUT2D eigenvalue weighted by molar-refractivity contribution is 5.85. The summed E-state index contributed by atoms with van der Waals surface area (Å²) in [6, 6.07) is 4.10. The van der Waals surface area contributed by atoms with Crippen LogP contribution in [0.1, 0.15) is 5.56 Å². The average Bonchev–Trinajstić information content (AvgIpc) is 2.31. The molecule has 1 aliphatic heterocycles. The van der Waals surface area contributed by atoms with Gasteiger partial charge >= 0.3 is 0 Å². The van der Waals surface area contributed by atoms with Crippen LogP contribution in [0, 0.1) is 0 Å². The molecule has 1 aliphatic rings. The SMILES string of the molecule is CNCc1cccnc1N1CCOCC1.Cl.Cl. The predicted molar refractivity (Wildman–Crippen MR) is 74.5 cm³/mol. The molecule has 0 aromatic carbocycles. The van der Waals surface area contributed by atoms with Crippen molar-refractivity contribution < 1.29 is 4.74 Å². The third kappa shape index (κ3) is 4.32. The van der Waals surface area contributed by atoms with Crippen molar-refractivity contribution in [1.29, 1.82) is 0 Å². The van der Waals surface area contributed by atoms with E-state index in [2.05, 4.69) is 21.3 Å². The second-order valence-electron chi connectivity index (χ2n) is 3.62. The zero-order chi connectivity index (χ0) is 10.5. The van der Waals surface area contributed by atoms with Crippen molar-refractivity contribution in [2.45, 2.75) is 6.54 Å². The van der Waals surface area contributed by atoms with E-state index in [9.17, 15) is 0 Å².